The quantitative estimate of drug-likeness (QED) is 0.746. The number of rotatable bonds is 3. The molecule has 5 nitrogen and oxygen atoms in total. The van der Waals surface area contributed by atoms with Gasteiger partial charge in [-0.15, -0.1) is 0 Å². The summed E-state index contributed by atoms with van der Waals surface area (Å²) in [6, 6.07) is 15.1. The van der Waals surface area contributed by atoms with E-state index >= 15 is 0 Å². The lowest BCUT2D eigenvalue weighted by Gasteiger charge is -2.28. The van der Waals surface area contributed by atoms with Crippen LogP contribution in [-0.4, -0.2) is 37.3 Å². The van der Waals surface area contributed by atoms with Gasteiger partial charge < -0.3 is 15.0 Å². The largest absolute Gasteiger partial charge is 0.378 e. The van der Waals surface area contributed by atoms with Gasteiger partial charge in [-0.3, -0.25) is 10.1 Å². The number of ether oxygens (including phenoxy) is 1. The predicted molar refractivity (Wildman–Crippen MR) is 107 cm³/mol. The molecule has 0 atom stereocenters. The summed E-state index contributed by atoms with van der Waals surface area (Å²) in [6.07, 6.45) is 0. The van der Waals surface area contributed by atoms with Gasteiger partial charge in [0.15, 0.2) is 5.11 Å². The molecule has 0 unspecified atom stereocenters. The molecular formula is C18H18BrN3O2S. The fourth-order valence-corrected chi connectivity index (χ4v) is 3.15. The third kappa shape index (κ3) is 5.01. The van der Waals surface area contributed by atoms with E-state index in [-0.39, 0.29) is 11.0 Å². The molecule has 3 rings (SSSR count). The van der Waals surface area contributed by atoms with Crippen LogP contribution in [0.1, 0.15) is 10.4 Å². The summed E-state index contributed by atoms with van der Waals surface area (Å²) in [4.78, 5) is 14.5. The van der Waals surface area contributed by atoms with Gasteiger partial charge in [0.2, 0.25) is 0 Å². The summed E-state index contributed by atoms with van der Waals surface area (Å²) >= 11 is 8.57. The van der Waals surface area contributed by atoms with E-state index in [2.05, 4.69) is 31.5 Å². The fraction of sp³-hybridized carbons (Fsp3) is 0.222. The van der Waals surface area contributed by atoms with Gasteiger partial charge in [0.25, 0.3) is 5.91 Å². The van der Waals surface area contributed by atoms with Gasteiger partial charge in [-0.1, -0.05) is 22.0 Å². The van der Waals surface area contributed by atoms with E-state index in [4.69, 9.17) is 17.0 Å². The Labute approximate surface area is 160 Å². The van der Waals surface area contributed by atoms with Crippen LogP contribution >= 0.6 is 28.1 Å². The summed E-state index contributed by atoms with van der Waals surface area (Å²) < 4.78 is 6.21. The van der Waals surface area contributed by atoms with Crippen molar-refractivity contribution in [3.8, 4) is 0 Å². The molecule has 25 heavy (non-hydrogen) atoms. The van der Waals surface area contributed by atoms with Crippen molar-refractivity contribution in [3.05, 3.63) is 58.6 Å². The van der Waals surface area contributed by atoms with Crippen LogP contribution in [0, 0.1) is 0 Å². The highest BCUT2D eigenvalue weighted by molar-refractivity contribution is 9.10. The second-order valence-electron chi connectivity index (χ2n) is 5.56. The summed E-state index contributed by atoms with van der Waals surface area (Å²) in [5.41, 5.74) is 2.52. The van der Waals surface area contributed by atoms with Crippen LogP contribution in [0.5, 0.6) is 0 Å². The number of thiocarbonyl (C=S) groups is 1. The van der Waals surface area contributed by atoms with E-state index in [0.717, 1.165) is 42.2 Å². The maximum absolute atomic E-state index is 12.2. The van der Waals surface area contributed by atoms with Crippen molar-refractivity contribution in [1.82, 2.24) is 5.32 Å². The number of benzene rings is 2. The minimum atomic E-state index is -0.247. The van der Waals surface area contributed by atoms with Crippen molar-refractivity contribution in [2.24, 2.45) is 0 Å². The first kappa shape index (κ1) is 17.8. The second kappa shape index (κ2) is 8.42. The highest BCUT2D eigenvalue weighted by atomic mass is 79.9. The number of nitrogens with zero attached hydrogens (tertiary/aromatic N) is 1. The molecule has 1 amide bonds. The first-order valence-corrected chi connectivity index (χ1v) is 9.12. The van der Waals surface area contributed by atoms with Crippen molar-refractivity contribution in [2.75, 3.05) is 36.5 Å². The molecule has 2 N–H and O–H groups in total. The Bertz CT molecular complexity index is 761. The molecule has 0 aliphatic carbocycles. The van der Waals surface area contributed by atoms with Gasteiger partial charge in [0.1, 0.15) is 0 Å². The Morgan fingerprint density at radius 1 is 1.12 bits per heavy atom. The van der Waals surface area contributed by atoms with Gasteiger partial charge in [0, 0.05) is 34.5 Å². The number of carbonyl (C=O) groups excluding carboxylic acids is 1. The molecule has 1 saturated heterocycles. The molecule has 0 saturated carbocycles. The van der Waals surface area contributed by atoms with E-state index in [9.17, 15) is 4.79 Å². The molecule has 0 spiro atoms. The van der Waals surface area contributed by atoms with Crippen molar-refractivity contribution >= 4 is 50.5 Å². The van der Waals surface area contributed by atoms with Gasteiger partial charge >= 0.3 is 0 Å². The molecule has 7 heteroatoms. The molecule has 0 aromatic heterocycles. The average Bonchev–Trinajstić information content (AvgIpc) is 2.63. The van der Waals surface area contributed by atoms with Crippen molar-refractivity contribution in [2.45, 2.75) is 0 Å². The van der Waals surface area contributed by atoms with Crippen molar-refractivity contribution < 1.29 is 9.53 Å². The molecule has 130 valence electrons. The van der Waals surface area contributed by atoms with Gasteiger partial charge in [-0.2, -0.15) is 0 Å². The lowest BCUT2D eigenvalue weighted by atomic mass is 10.2. The molecular weight excluding hydrogens is 402 g/mol. The fourth-order valence-electron chi connectivity index (χ4n) is 2.54. The number of nitrogens with one attached hydrogen (secondary N) is 2. The Kier molecular flexibility index (Phi) is 6.01. The van der Waals surface area contributed by atoms with Crippen LogP contribution in [0.3, 0.4) is 0 Å². The minimum absolute atomic E-state index is 0.247. The van der Waals surface area contributed by atoms with Crippen LogP contribution in [0.2, 0.25) is 0 Å². The third-order valence-corrected chi connectivity index (χ3v) is 4.51. The first-order valence-electron chi connectivity index (χ1n) is 7.92. The monoisotopic (exact) mass is 419 g/mol. The summed E-state index contributed by atoms with van der Waals surface area (Å²) in [7, 11) is 0. The van der Waals surface area contributed by atoms with Crippen LogP contribution in [0.4, 0.5) is 11.4 Å². The lowest BCUT2D eigenvalue weighted by Crippen LogP contribution is -2.36. The van der Waals surface area contributed by atoms with E-state index in [0.29, 0.717) is 5.56 Å². The number of morpholine rings is 1. The zero-order valence-electron chi connectivity index (χ0n) is 13.5. The number of carbonyl (C=O) groups is 1. The normalized spacial score (nSPS) is 14.0. The Morgan fingerprint density at radius 3 is 2.52 bits per heavy atom. The maximum Gasteiger partial charge on any atom is 0.257 e. The zero-order chi connectivity index (χ0) is 17.6. The lowest BCUT2D eigenvalue weighted by molar-refractivity contribution is 0.0977. The van der Waals surface area contributed by atoms with E-state index in [1.54, 1.807) is 18.2 Å². The number of hydrogen-bond donors (Lipinski definition) is 2. The molecule has 2 aromatic carbocycles. The van der Waals surface area contributed by atoms with E-state index in [1.165, 1.54) is 0 Å². The minimum Gasteiger partial charge on any atom is -0.378 e. The van der Waals surface area contributed by atoms with Gasteiger partial charge in [-0.05, 0) is 54.7 Å². The number of hydrogen-bond acceptors (Lipinski definition) is 4. The zero-order valence-corrected chi connectivity index (χ0v) is 15.9. The molecule has 1 heterocycles. The van der Waals surface area contributed by atoms with Crippen LogP contribution in [0.25, 0.3) is 0 Å². The first-order chi connectivity index (χ1) is 12.1. The van der Waals surface area contributed by atoms with Crippen LogP contribution < -0.4 is 15.5 Å². The van der Waals surface area contributed by atoms with Crippen molar-refractivity contribution in [1.29, 1.82) is 0 Å². The molecule has 0 radical (unpaired) electrons. The Morgan fingerprint density at radius 2 is 1.84 bits per heavy atom. The highest BCUT2D eigenvalue weighted by Crippen LogP contribution is 2.19. The summed E-state index contributed by atoms with van der Waals surface area (Å²) in [5, 5.41) is 5.98. The van der Waals surface area contributed by atoms with Gasteiger partial charge in [-0.25, -0.2) is 0 Å². The second-order valence-corrected chi connectivity index (χ2v) is 6.89. The summed E-state index contributed by atoms with van der Waals surface area (Å²) in [5.74, 6) is -0.247. The molecule has 2 aromatic rings. The number of amides is 1. The predicted octanol–water partition coefficient (Wildman–Crippen LogP) is 3.41. The topological polar surface area (TPSA) is 53.6 Å². The smallest absolute Gasteiger partial charge is 0.257 e. The average molecular weight is 420 g/mol. The van der Waals surface area contributed by atoms with Gasteiger partial charge in [0.05, 0.1) is 13.2 Å². The van der Waals surface area contributed by atoms with Crippen molar-refractivity contribution in [3.63, 3.8) is 0 Å². The third-order valence-electron chi connectivity index (χ3n) is 3.82. The van der Waals surface area contributed by atoms with Crippen LogP contribution in [0.15, 0.2) is 53.0 Å². The summed E-state index contributed by atoms with van der Waals surface area (Å²) in [6.45, 7) is 3.30. The molecule has 1 aliphatic rings. The number of anilines is 2. The van der Waals surface area contributed by atoms with Crippen LogP contribution in [-0.2, 0) is 4.74 Å². The standard InChI is InChI=1S/C18H18BrN3O2S/c19-14-3-1-2-13(12-14)17(23)21-18(25)20-15-4-6-16(7-5-15)22-8-10-24-11-9-22/h1-7,12H,8-11H2,(H2,20,21,23,25). The maximum atomic E-state index is 12.2. The number of halogens is 1. The molecule has 0 bridgehead atoms. The SMILES string of the molecule is O=C(NC(=S)Nc1ccc(N2CCOCC2)cc1)c1cccc(Br)c1. The molecule has 1 aliphatic heterocycles. The Balaban J connectivity index is 1.56. The molecule has 1 fully saturated rings. The Hall–Kier alpha value is -1.96. The van der Waals surface area contributed by atoms with E-state index < -0.39 is 0 Å². The van der Waals surface area contributed by atoms with E-state index in [1.807, 2.05) is 30.3 Å². The highest BCUT2D eigenvalue weighted by Gasteiger charge is 2.11.